The number of hydrazine groups is 1. The van der Waals surface area contributed by atoms with Crippen molar-refractivity contribution in [1.82, 2.24) is 5.43 Å². The Morgan fingerprint density at radius 3 is 2.21 bits per heavy atom. The third-order valence-corrected chi connectivity index (χ3v) is 4.31. The molecule has 1 saturated carbocycles. The van der Waals surface area contributed by atoms with Crippen LogP contribution in [0.1, 0.15) is 56.2 Å². The van der Waals surface area contributed by atoms with Gasteiger partial charge in [0.05, 0.1) is 12.1 Å². The number of hydrogen-bond donors (Lipinski definition) is 2. The van der Waals surface area contributed by atoms with Crippen LogP contribution >= 0.6 is 0 Å². The van der Waals surface area contributed by atoms with Crippen LogP contribution in [0.15, 0.2) is 24.3 Å². The normalized spacial score (nSPS) is 19.2. The maximum Gasteiger partial charge on any atom is 0.0801 e. The predicted octanol–water partition coefficient (Wildman–Crippen LogP) is 3.13. The smallest absolute Gasteiger partial charge is 0.0801 e. The summed E-state index contributed by atoms with van der Waals surface area (Å²) in [6.45, 7) is 4.31. The summed E-state index contributed by atoms with van der Waals surface area (Å²) in [4.78, 5) is 0. The zero-order valence-corrected chi connectivity index (χ0v) is 12.2. The highest BCUT2D eigenvalue weighted by Crippen LogP contribution is 2.36. The molecule has 0 bridgehead atoms. The molecule has 0 heterocycles. The SMILES string of the molecule is COC(C(C)C)C(NN)c1ccc(C2CCC2)cc1. The minimum atomic E-state index is 0.0421. The van der Waals surface area contributed by atoms with Gasteiger partial charge in [-0.15, -0.1) is 0 Å². The lowest BCUT2D eigenvalue weighted by molar-refractivity contribution is 0.0326. The molecule has 2 rings (SSSR count). The second-order valence-electron chi connectivity index (χ2n) is 5.88. The highest BCUT2D eigenvalue weighted by Gasteiger charge is 2.25. The van der Waals surface area contributed by atoms with Crippen molar-refractivity contribution >= 4 is 0 Å². The van der Waals surface area contributed by atoms with Crippen LogP contribution in [0, 0.1) is 5.92 Å². The van der Waals surface area contributed by atoms with Gasteiger partial charge in [-0.25, -0.2) is 0 Å². The molecule has 1 aliphatic carbocycles. The van der Waals surface area contributed by atoms with Crippen molar-refractivity contribution in [3.8, 4) is 0 Å². The standard InChI is InChI=1S/C16H26N2O/c1-11(2)16(19-3)15(18-17)14-9-7-13(8-10-14)12-5-4-6-12/h7-12,15-16,18H,4-6,17H2,1-3H3. The van der Waals surface area contributed by atoms with Crippen molar-refractivity contribution in [3.63, 3.8) is 0 Å². The van der Waals surface area contributed by atoms with Crippen molar-refractivity contribution < 1.29 is 4.74 Å². The lowest BCUT2D eigenvalue weighted by Crippen LogP contribution is -2.40. The number of nitrogens with one attached hydrogen (secondary N) is 1. The summed E-state index contributed by atoms with van der Waals surface area (Å²) in [5.74, 6) is 6.92. The molecule has 1 aliphatic rings. The van der Waals surface area contributed by atoms with E-state index in [1.165, 1.54) is 30.4 Å². The first kappa shape index (κ1) is 14.5. The van der Waals surface area contributed by atoms with Gasteiger partial charge in [0.1, 0.15) is 0 Å². The summed E-state index contributed by atoms with van der Waals surface area (Å²) < 4.78 is 5.59. The van der Waals surface area contributed by atoms with Crippen molar-refractivity contribution in [2.45, 2.75) is 51.2 Å². The molecule has 1 fully saturated rings. The second kappa shape index (κ2) is 6.51. The molecule has 0 amide bonds. The van der Waals surface area contributed by atoms with Gasteiger partial charge in [0.2, 0.25) is 0 Å². The topological polar surface area (TPSA) is 47.3 Å². The maximum atomic E-state index is 5.72. The number of nitrogens with two attached hydrogens (primary N) is 1. The van der Waals surface area contributed by atoms with Crippen molar-refractivity contribution in [2.75, 3.05) is 7.11 Å². The van der Waals surface area contributed by atoms with Crippen LogP contribution in [0.5, 0.6) is 0 Å². The maximum absolute atomic E-state index is 5.72. The zero-order valence-electron chi connectivity index (χ0n) is 12.2. The quantitative estimate of drug-likeness (QED) is 0.611. The average molecular weight is 262 g/mol. The molecule has 0 radical (unpaired) electrons. The van der Waals surface area contributed by atoms with Crippen molar-refractivity contribution in [1.29, 1.82) is 0 Å². The molecule has 3 N–H and O–H groups in total. The first-order valence-electron chi connectivity index (χ1n) is 7.26. The number of ether oxygens (including phenoxy) is 1. The molecule has 2 unspecified atom stereocenters. The molecule has 2 atom stereocenters. The van der Waals surface area contributed by atoms with Crippen LogP contribution < -0.4 is 11.3 Å². The second-order valence-corrected chi connectivity index (χ2v) is 5.88. The molecule has 3 heteroatoms. The van der Waals surface area contributed by atoms with E-state index in [1.807, 2.05) is 0 Å². The molecule has 1 aromatic rings. The molecule has 0 saturated heterocycles. The summed E-state index contributed by atoms with van der Waals surface area (Å²) in [5.41, 5.74) is 5.56. The fraction of sp³-hybridized carbons (Fsp3) is 0.625. The van der Waals surface area contributed by atoms with E-state index in [2.05, 4.69) is 43.5 Å². The van der Waals surface area contributed by atoms with E-state index in [0.29, 0.717) is 5.92 Å². The van der Waals surface area contributed by atoms with Crippen LogP contribution in [0.2, 0.25) is 0 Å². The third kappa shape index (κ3) is 3.16. The van der Waals surface area contributed by atoms with Gasteiger partial charge in [0.25, 0.3) is 0 Å². The summed E-state index contributed by atoms with van der Waals surface area (Å²) in [5, 5.41) is 0. The van der Waals surface area contributed by atoms with Gasteiger partial charge in [0, 0.05) is 7.11 Å². The van der Waals surface area contributed by atoms with Crippen LogP contribution in [-0.2, 0) is 4.74 Å². The van der Waals surface area contributed by atoms with E-state index in [-0.39, 0.29) is 12.1 Å². The molecule has 1 aromatic carbocycles. The first-order valence-corrected chi connectivity index (χ1v) is 7.26. The molecular formula is C16H26N2O. The van der Waals surface area contributed by atoms with E-state index < -0.39 is 0 Å². The van der Waals surface area contributed by atoms with E-state index in [4.69, 9.17) is 10.6 Å². The molecule has 0 aromatic heterocycles. The van der Waals surface area contributed by atoms with Crippen LogP contribution in [0.4, 0.5) is 0 Å². The van der Waals surface area contributed by atoms with Gasteiger partial charge in [0.15, 0.2) is 0 Å². The van der Waals surface area contributed by atoms with E-state index in [1.54, 1.807) is 7.11 Å². The van der Waals surface area contributed by atoms with Crippen LogP contribution in [-0.4, -0.2) is 13.2 Å². The number of methoxy groups -OCH3 is 1. The molecule has 0 aliphatic heterocycles. The summed E-state index contributed by atoms with van der Waals surface area (Å²) >= 11 is 0. The van der Waals surface area contributed by atoms with E-state index >= 15 is 0 Å². The Labute approximate surface area is 116 Å². The fourth-order valence-corrected chi connectivity index (χ4v) is 2.89. The Hall–Kier alpha value is -0.900. The van der Waals surface area contributed by atoms with E-state index in [0.717, 1.165) is 5.92 Å². The first-order chi connectivity index (χ1) is 9.17. The van der Waals surface area contributed by atoms with Crippen LogP contribution in [0.3, 0.4) is 0 Å². The molecule has 3 nitrogen and oxygen atoms in total. The molecule has 19 heavy (non-hydrogen) atoms. The highest BCUT2D eigenvalue weighted by atomic mass is 16.5. The Balaban J connectivity index is 2.13. The highest BCUT2D eigenvalue weighted by molar-refractivity contribution is 5.29. The fourth-order valence-electron chi connectivity index (χ4n) is 2.89. The Morgan fingerprint density at radius 1 is 1.21 bits per heavy atom. The largest absolute Gasteiger partial charge is 0.379 e. The van der Waals surface area contributed by atoms with Gasteiger partial charge in [-0.3, -0.25) is 11.3 Å². The van der Waals surface area contributed by atoms with Gasteiger partial charge < -0.3 is 4.74 Å². The lowest BCUT2D eigenvalue weighted by atomic mass is 9.79. The monoisotopic (exact) mass is 262 g/mol. The summed E-state index contributed by atoms with van der Waals surface area (Å²) in [6, 6.07) is 8.91. The Kier molecular flexibility index (Phi) is 4.97. The number of benzene rings is 1. The van der Waals surface area contributed by atoms with Gasteiger partial charge in [-0.2, -0.15) is 0 Å². The lowest BCUT2D eigenvalue weighted by Gasteiger charge is -2.30. The average Bonchev–Trinajstić information content (AvgIpc) is 2.34. The summed E-state index contributed by atoms with van der Waals surface area (Å²) in [6.07, 6.45) is 4.13. The summed E-state index contributed by atoms with van der Waals surface area (Å²) in [7, 11) is 1.75. The van der Waals surface area contributed by atoms with Crippen molar-refractivity contribution in [2.24, 2.45) is 11.8 Å². The zero-order chi connectivity index (χ0) is 13.8. The molecular weight excluding hydrogens is 236 g/mol. The molecule has 0 spiro atoms. The van der Waals surface area contributed by atoms with Crippen LogP contribution in [0.25, 0.3) is 0 Å². The van der Waals surface area contributed by atoms with Gasteiger partial charge >= 0.3 is 0 Å². The third-order valence-electron chi connectivity index (χ3n) is 4.31. The van der Waals surface area contributed by atoms with Crippen molar-refractivity contribution in [3.05, 3.63) is 35.4 Å². The Morgan fingerprint density at radius 2 is 1.84 bits per heavy atom. The Bertz CT molecular complexity index is 384. The van der Waals surface area contributed by atoms with E-state index in [9.17, 15) is 0 Å². The number of hydrogen-bond acceptors (Lipinski definition) is 3. The minimum absolute atomic E-state index is 0.0421. The predicted molar refractivity (Wildman–Crippen MR) is 78.7 cm³/mol. The number of rotatable bonds is 6. The minimum Gasteiger partial charge on any atom is -0.379 e. The molecule has 106 valence electrons. The van der Waals surface area contributed by atoms with Gasteiger partial charge in [-0.1, -0.05) is 44.5 Å². The van der Waals surface area contributed by atoms with Gasteiger partial charge in [-0.05, 0) is 35.8 Å².